The van der Waals surface area contributed by atoms with E-state index in [0.717, 1.165) is 12.1 Å². The minimum absolute atomic E-state index is 0.0378. The van der Waals surface area contributed by atoms with Crippen molar-refractivity contribution in [2.75, 3.05) is 31.1 Å². The Labute approximate surface area is 148 Å². The van der Waals surface area contributed by atoms with E-state index in [1.807, 2.05) is 44.2 Å². The smallest absolute Gasteiger partial charge is 0.241 e. The molecule has 0 radical (unpaired) electrons. The van der Waals surface area contributed by atoms with Crippen molar-refractivity contribution in [1.29, 1.82) is 0 Å². The van der Waals surface area contributed by atoms with Gasteiger partial charge in [-0.25, -0.2) is 4.99 Å². The van der Waals surface area contributed by atoms with Crippen molar-refractivity contribution in [3.05, 3.63) is 30.3 Å². The average Bonchev–Trinajstić information content (AvgIpc) is 2.99. The number of nitrogens with zero attached hydrogens (tertiary/aromatic N) is 2. The van der Waals surface area contributed by atoms with Gasteiger partial charge in [-0.1, -0.05) is 25.1 Å². The molecule has 3 N–H and O–H groups in total. The highest BCUT2D eigenvalue weighted by molar-refractivity contribution is 5.97. The second-order valence-corrected chi connectivity index (χ2v) is 5.93. The summed E-state index contributed by atoms with van der Waals surface area (Å²) in [7, 11) is 0. The number of hydrogen-bond acceptors (Lipinski definition) is 3. The monoisotopic (exact) mass is 345 g/mol. The van der Waals surface area contributed by atoms with E-state index in [4.69, 9.17) is 0 Å². The molecule has 2 amide bonds. The molecule has 1 aromatic carbocycles. The number of benzene rings is 1. The minimum atomic E-state index is -0.104. The molecular formula is C18H27N5O2. The van der Waals surface area contributed by atoms with Gasteiger partial charge in [0, 0.05) is 31.7 Å². The summed E-state index contributed by atoms with van der Waals surface area (Å²) in [5.41, 5.74) is 0.901. The van der Waals surface area contributed by atoms with Crippen LogP contribution in [0.1, 0.15) is 26.7 Å². The topological polar surface area (TPSA) is 85.8 Å². The first-order chi connectivity index (χ1) is 12.1. The molecule has 136 valence electrons. The van der Waals surface area contributed by atoms with Crippen LogP contribution in [0.2, 0.25) is 0 Å². The average molecular weight is 345 g/mol. The summed E-state index contributed by atoms with van der Waals surface area (Å²) in [5.74, 6) is 0.537. The molecule has 1 fully saturated rings. The quantitative estimate of drug-likeness (QED) is 0.506. The number of amides is 2. The molecule has 1 atom stereocenters. The normalized spacial score (nSPS) is 17.5. The molecule has 25 heavy (non-hydrogen) atoms. The van der Waals surface area contributed by atoms with Gasteiger partial charge in [-0.15, -0.1) is 0 Å². The van der Waals surface area contributed by atoms with Gasteiger partial charge in [0.05, 0.1) is 6.04 Å². The van der Waals surface area contributed by atoms with E-state index in [2.05, 4.69) is 20.9 Å². The highest BCUT2D eigenvalue weighted by Gasteiger charge is 2.31. The van der Waals surface area contributed by atoms with Crippen LogP contribution >= 0.6 is 0 Å². The first-order valence-corrected chi connectivity index (χ1v) is 8.81. The van der Waals surface area contributed by atoms with E-state index in [1.54, 1.807) is 4.90 Å². The molecule has 0 spiro atoms. The zero-order valence-corrected chi connectivity index (χ0v) is 14.9. The highest BCUT2D eigenvalue weighted by atomic mass is 16.2. The lowest BCUT2D eigenvalue weighted by Gasteiger charge is -2.19. The van der Waals surface area contributed by atoms with E-state index in [1.165, 1.54) is 0 Å². The molecule has 0 bridgehead atoms. The molecule has 1 saturated heterocycles. The van der Waals surface area contributed by atoms with E-state index in [0.29, 0.717) is 32.0 Å². The second-order valence-electron chi connectivity index (χ2n) is 5.93. The Bertz CT molecular complexity index is 603. The van der Waals surface area contributed by atoms with Crippen LogP contribution in [0.4, 0.5) is 5.69 Å². The van der Waals surface area contributed by atoms with Crippen LogP contribution in [0.5, 0.6) is 0 Å². The zero-order chi connectivity index (χ0) is 18.1. The molecule has 7 nitrogen and oxygen atoms in total. The molecular weight excluding hydrogens is 318 g/mol. The zero-order valence-electron chi connectivity index (χ0n) is 14.9. The molecule has 1 heterocycles. The van der Waals surface area contributed by atoms with Crippen LogP contribution in [0.3, 0.4) is 0 Å². The Morgan fingerprint density at radius 2 is 2.00 bits per heavy atom. The standard InChI is InChI=1S/C18H27N5O2/c1-3-10-20-16(24)12-21-18(19-4-2)22-14-11-17(25)23(13-14)15-8-6-5-7-9-15/h5-9,14H,3-4,10-13H2,1-2H3,(H,20,24)(H2,19,21,22). The number of carbonyl (C=O) groups is 2. The molecule has 1 aliphatic rings. The number of guanidine groups is 1. The molecule has 1 aromatic rings. The fourth-order valence-electron chi connectivity index (χ4n) is 2.65. The van der Waals surface area contributed by atoms with E-state index in [-0.39, 0.29) is 24.4 Å². The van der Waals surface area contributed by atoms with Gasteiger partial charge in [0.15, 0.2) is 5.96 Å². The van der Waals surface area contributed by atoms with Crippen LogP contribution in [0.15, 0.2) is 35.3 Å². The van der Waals surface area contributed by atoms with Crippen molar-refractivity contribution in [2.45, 2.75) is 32.7 Å². The Kier molecular flexibility index (Phi) is 7.25. The third-order valence-electron chi connectivity index (χ3n) is 3.83. The Morgan fingerprint density at radius 3 is 2.68 bits per heavy atom. The van der Waals surface area contributed by atoms with Crippen molar-refractivity contribution in [3.8, 4) is 0 Å². The fraction of sp³-hybridized carbons (Fsp3) is 0.500. The Hall–Kier alpha value is -2.57. The summed E-state index contributed by atoms with van der Waals surface area (Å²) >= 11 is 0. The van der Waals surface area contributed by atoms with Crippen LogP contribution < -0.4 is 20.9 Å². The van der Waals surface area contributed by atoms with Crippen LogP contribution in [0, 0.1) is 0 Å². The molecule has 0 saturated carbocycles. The lowest BCUT2D eigenvalue weighted by Crippen LogP contribution is -2.45. The fourth-order valence-corrected chi connectivity index (χ4v) is 2.65. The molecule has 2 rings (SSSR count). The summed E-state index contributed by atoms with van der Waals surface area (Å²) in [6, 6.07) is 9.59. The SMILES string of the molecule is CCCNC(=O)CN=C(NCC)NC1CC(=O)N(c2ccccc2)C1. The van der Waals surface area contributed by atoms with Gasteiger partial charge in [-0.05, 0) is 25.5 Å². The van der Waals surface area contributed by atoms with Gasteiger partial charge in [0.25, 0.3) is 0 Å². The van der Waals surface area contributed by atoms with Gasteiger partial charge in [0.2, 0.25) is 11.8 Å². The van der Waals surface area contributed by atoms with E-state index < -0.39 is 0 Å². The van der Waals surface area contributed by atoms with Gasteiger partial charge in [-0.2, -0.15) is 0 Å². The minimum Gasteiger partial charge on any atom is -0.357 e. The molecule has 0 aromatic heterocycles. The molecule has 1 aliphatic heterocycles. The van der Waals surface area contributed by atoms with E-state index in [9.17, 15) is 9.59 Å². The first-order valence-electron chi connectivity index (χ1n) is 8.81. The predicted octanol–water partition coefficient (Wildman–Crippen LogP) is 0.873. The lowest BCUT2D eigenvalue weighted by molar-refractivity contribution is -0.119. The van der Waals surface area contributed by atoms with Gasteiger partial charge in [-0.3, -0.25) is 9.59 Å². The number of hydrogen-bond donors (Lipinski definition) is 3. The Morgan fingerprint density at radius 1 is 1.24 bits per heavy atom. The maximum absolute atomic E-state index is 12.3. The number of carbonyl (C=O) groups excluding carboxylic acids is 2. The highest BCUT2D eigenvalue weighted by Crippen LogP contribution is 2.20. The van der Waals surface area contributed by atoms with Crippen LogP contribution in [-0.4, -0.2) is 50.0 Å². The number of nitrogens with one attached hydrogen (secondary N) is 3. The van der Waals surface area contributed by atoms with Crippen molar-refractivity contribution in [3.63, 3.8) is 0 Å². The third-order valence-corrected chi connectivity index (χ3v) is 3.83. The number of anilines is 1. The first kappa shape index (κ1) is 18.8. The molecule has 1 unspecified atom stereocenters. The van der Waals surface area contributed by atoms with Gasteiger partial charge < -0.3 is 20.9 Å². The van der Waals surface area contributed by atoms with Crippen molar-refractivity contribution >= 4 is 23.5 Å². The van der Waals surface area contributed by atoms with Gasteiger partial charge in [0.1, 0.15) is 6.54 Å². The number of para-hydroxylation sites is 1. The maximum Gasteiger partial charge on any atom is 0.241 e. The summed E-state index contributed by atoms with van der Waals surface area (Å²) < 4.78 is 0. The predicted molar refractivity (Wildman–Crippen MR) is 99.6 cm³/mol. The van der Waals surface area contributed by atoms with Crippen molar-refractivity contribution in [2.24, 2.45) is 4.99 Å². The number of rotatable bonds is 7. The van der Waals surface area contributed by atoms with Crippen LogP contribution in [-0.2, 0) is 9.59 Å². The summed E-state index contributed by atoms with van der Waals surface area (Å²) in [5, 5.41) is 9.17. The molecule has 0 aliphatic carbocycles. The third kappa shape index (κ3) is 5.77. The summed E-state index contributed by atoms with van der Waals surface area (Å²) in [6.45, 7) is 5.95. The van der Waals surface area contributed by atoms with Crippen molar-refractivity contribution in [1.82, 2.24) is 16.0 Å². The van der Waals surface area contributed by atoms with Crippen LogP contribution in [0.25, 0.3) is 0 Å². The van der Waals surface area contributed by atoms with E-state index >= 15 is 0 Å². The Balaban J connectivity index is 1.93. The molecule has 7 heteroatoms. The second kappa shape index (κ2) is 9.66. The lowest BCUT2D eigenvalue weighted by atomic mass is 10.2. The summed E-state index contributed by atoms with van der Waals surface area (Å²) in [4.78, 5) is 30.0. The largest absolute Gasteiger partial charge is 0.357 e. The van der Waals surface area contributed by atoms with Gasteiger partial charge >= 0.3 is 0 Å². The maximum atomic E-state index is 12.3. The summed E-state index contributed by atoms with van der Waals surface area (Å²) in [6.07, 6.45) is 1.30. The van der Waals surface area contributed by atoms with Crippen molar-refractivity contribution < 1.29 is 9.59 Å². The number of aliphatic imine (C=N–C) groups is 1.